The van der Waals surface area contributed by atoms with Crippen molar-refractivity contribution < 1.29 is 9.53 Å². The van der Waals surface area contributed by atoms with E-state index in [1.54, 1.807) is 12.1 Å². The van der Waals surface area contributed by atoms with E-state index < -0.39 is 5.97 Å². The molecule has 0 saturated carbocycles. The number of hydrogen-bond acceptors (Lipinski definition) is 3. The Labute approximate surface area is 235 Å². The van der Waals surface area contributed by atoms with E-state index in [1.807, 2.05) is 42.5 Å². The fourth-order valence-electron chi connectivity index (χ4n) is 4.23. The summed E-state index contributed by atoms with van der Waals surface area (Å²) in [6.45, 7) is 3.42. The SMILES string of the molecule is C=CC(=O)Oc1ccc(C=Cc2ccc(N(C=Cc3ccc(-c4ccccc4)cc3)c3ccccc3)cc2)cc1. The summed E-state index contributed by atoms with van der Waals surface area (Å²) in [5.74, 6) is 0.0244. The highest BCUT2D eigenvalue weighted by Gasteiger charge is 2.06. The van der Waals surface area contributed by atoms with Crippen LogP contribution in [0, 0.1) is 0 Å². The third kappa shape index (κ3) is 6.91. The summed E-state index contributed by atoms with van der Waals surface area (Å²) in [5.41, 5.74) is 7.78. The van der Waals surface area contributed by atoms with Gasteiger partial charge < -0.3 is 9.64 Å². The summed E-state index contributed by atoms with van der Waals surface area (Å²) < 4.78 is 5.13. The van der Waals surface area contributed by atoms with Gasteiger partial charge in [0.05, 0.1) is 0 Å². The Bertz CT molecular complexity index is 1600. The Morgan fingerprint density at radius 2 is 1.02 bits per heavy atom. The van der Waals surface area contributed by atoms with E-state index in [9.17, 15) is 4.79 Å². The Hall–Kier alpha value is -5.41. The molecule has 5 aromatic carbocycles. The van der Waals surface area contributed by atoms with Crippen LogP contribution >= 0.6 is 0 Å². The van der Waals surface area contributed by atoms with E-state index in [0.29, 0.717) is 5.75 Å². The average molecular weight is 520 g/mol. The highest BCUT2D eigenvalue weighted by Crippen LogP contribution is 2.28. The van der Waals surface area contributed by atoms with Crippen LogP contribution in [0.5, 0.6) is 5.75 Å². The third-order valence-corrected chi connectivity index (χ3v) is 6.37. The van der Waals surface area contributed by atoms with Crippen molar-refractivity contribution in [3.8, 4) is 16.9 Å². The van der Waals surface area contributed by atoms with Gasteiger partial charge in [0.2, 0.25) is 0 Å². The Kier molecular flexibility index (Phi) is 8.45. The molecule has 0 bridgehead atoms. The molecule has 5 rings (SSSR count). The summed E-state index contributed by atoms with van der Waals surface area (Å²) in [4.78, 5) is 13.5. The van der Waals surface area contributed by atoms with Gasteiger partial charge in [0, 0.05) is 23.7 Å². The van der Waals surface area contributed by atoms with Crippen molar-refractivity contribution in [2.75, 3.05) is 4.90 Å². The molecule has 0 atom stereocenters. The minimum atomic E-state index is -0.469. The van der Waals surface area contributed by atoms with Crippen LogP contribution in [0.3, 0.4) is 0 Å². The lowest BCUT2D eigenvalue weighted by atomic mass is 10.0. The molecule has 0 radical (unpaired) electrons. The molecule has 0 aromatic heterocycles. The van der Waals surface area contributed by atoms with Crippen LogP contribution in [0.25, 0.3) is 29.4 Å². The van der Waals surface area contributed by atoms with Gasteiger partial charge in [0.25, 0.3) is 0 Å². The standard InChI is InChI=1S/C37H29NO2/c1-2-37(39)40-36-25-19-30(20-26-36)14-13-29-17-23-35(24-18-29)38(34-11-7-4-8-12-34)28-27-31-15-21-33(22-16-31)32-9-5-3-6-10-32/h2-28H,1H2. The predicted octanol–water partition coefficient (Wildman–Crippen LogP) is 9.42. The average Bonchev–Trinajstić information content (AvgIpc) is 3.02. The van der Waals surface area contributed by atoms with Crippen LogP contribution in [-0.2, 0) is 4.79 Å². The molecule has 3 heteroatoms. The van der Waals surface area contributed by atoms with E-state index in [0.717, 1.165) is 34.1 Å². The molecule has 40 heavy (non-hydrogen) atoms. The first kappa shape index (κ1) is 26.2. The largest absolute Gasteiger partial charge is 0.423 e. The molecule has 0 unspecified atom stereocenters. The second-order valence-corrected chi connectivity index (χ2v) is 9.13. The highest BCUT2D eigenvalue weighted by molar-refractivity contribution is 5.83. The summed E-state index contributed by atoms with van der Waals surface area (Å²) in [6.07, 6.45) is 9.48. The zero-order chi connectivity index (χ0) is 27.6. The van der Waals surface area contributed by atoms with Crippen molar-refractivity contribution >= 4 is 35.6 Å². The second kappa shape index (κ2) is 12.9. The van der Waals surface area contributed by atoms with Gasteiger partial charge in [-0.25, -0.2) is 4.79 Å². The molecule has 0 fully saturated rings. The molecule has 0 aliphatic rings. The molecular weight excluding hydrogens is 490 g/mol. The van der Waals surface area contributed by atoms with Gasteiger partial charge >= 0.3 is 5.97 Å². The van der Waals surface area contributed by atoms with Crippen molar-refractivity contribution in [1.82, 2.24) is 0 Å². The van der Waals surface area contributed by atoms with Crippen LogP contribution in [0.1, 0.15) is 16.7 Å². The lowest BCUT2D eigenvalue weighted by molar-refractivity contribution is -0.128. The van der Waals surface area contributed by atoms with Gasteiger partial charge in [-0.1, -0.05) is 116 Å². The summed E-state index contributed by atoms with van der Waals surface area (Å²) >= 11 is 0. The quantitative estimate of drug-likeness (QED) is 0.0841. The van der Waals surface area contributed by atoms with Crippen LogP contribution in [0.2, 0.25) is 0 Å². The Morgan fingerprint density at radius 1 is 0.550 bits per heavy atom. The number of esters is 1. The zero-order valence-corrected chi connectivity index (χ0v) is 22.1. The molecule has 0 N–H and O–H groups in total. The molecule has 5 aromatic rings. The van der Waals surface area contributed by atoms with Crippen molar-refractivity contribution in [2.24, 2.45) is 0 Å². The van der Waals surface area contributed by atoms with Gasteiger partial charge in [-0.3, -0.25) is 0 Å². The molecule has 0 aliphatic heterocycles. The maximum atomic E-state index is 11.4. The first-order valence-electron chi connectivity index (χ1n) is 13.1. The van der Waals surface area contributed by atoms with Crippen LogP contribution in [-0.4, -0.2) is 5.97 Å². The van der Waals surface area contributed by atoms with Crippen molar-refractivity contribution in [1.29, 1.82) is 0 Å². The van der Waals surface area contributed by atoms with Crippen molar-refractivity contribution in [3.63, 3.8) is 0 Å². The van der Waals surface area contributed by atoms with Gasteiger partial charge in [-0.15, -0.1) is 0 Å². The van der Waals surface area contributed by atoms with E-state index in [-0.39, 0.29) is 0 Å². The molecule has 0 amide bonds. The van der Waals surface area contributed by atoms with Gasteiger partial charge in [-0.05, 0) is 70.3 Å². The van der Waals surface area contributed by atoms with E-state index in [1.165, 1.54) is 11.1 Å². The van der Waals surface area contributed by atoms with Crippen LogP contribution in [0.4, 0.5) is 11.4 Å². The number of hydrogen-bond donors (Lipinski definition) is 0. The minimum Gasteiger partial charge on any atom is -0.423 e. The minimum absolute atomic E-state index is 0.469. The number of carbonyl (C=O) groups is 1. The first-order chi connectivity index (χ1) is 19.7. The number of benzene rings is 5. The number of carbonyl (C=O) groups excluding carboxylic acids is 1. The van der Waals surface area contributed by atoms with Crippen molar-refractivity contribution in [3.05, 3.63) is 169 Å². The predicted molar refractivity (Wildman–Crippen MR) is 167 cm³/mol. The highest BCUT2D eigenvalue weighted by atomic mass is 16.5. The summed E-state index contributed by atoms with van der Waals surface area (Å²) in [7, 11) is 0. The molecule has 0 heterocycles. The van der Waals surface area contributed by atoms with Gasteiger partial charge in [0.1, 0.15) is 5.75 Å². The maximum absolute atomic E-state index is 11.4. The smallest absolute Gasteiger partial charge is 0.335 e. The zero-order valence-electron chi connectivity index (χ0n) is 22.1. The number of ether oxygens (including phenoxy) is 1. The number of rotatable bonds is 9. The lowest BCUT2D eigenvalue weighted by Crippen LogP contribution is -2.08. The molecule has 0 spiro atoms. The third-order valence-electron chi connectivity index (χ3n) is 6.37. The van der Waals surface area contributed by atoms with Crippen LogP contribution in [0.15, 0.2) is 152 Å². The number of nitrogens with zero attached hydrogens (tertiary/aromatic N) is 1. The second-order valence-electron chi connectivity index (χ2n) is 9.13. The van der Waals surface area contributed by atoms with E-state index in [4.69, 9.17) is 4.74 Å². The number of anilines is 2. The van der Waals surface area contributed by atoms with Gasteiger partial charge in [0.15, 0.2) is 0 Å². The number of para-hydroxylation sites is 1. The lowest BCUT2D eigenvalue weighted by Gasteiger charge is -2.21. The van der Waals surface area contributed by atoms with E-state index >= 15 is 0 Å². The summed E-state index contributed by atoms with van der Waals surface area (Å²) in [5, 5.41) is 0. The normalized spacial score (nSPS) is 11.0. The molecule has 3 nitrogen and oxygen atoms in total. The maximum Gasteiger partial charge on any atom is 0.335 e. The van der Waals surface area contributed by atoms with Crippen LogP contribution < -0.4 is 9.64 Å². The Morgan fingerprint density at radius 3 is 1.62 bits per heavy atom. The Balaban J connectivity index is 1.31. The monoisotopic (exact) mass is 519 g/mol. The fourth-order valence-corrected chi connectivity index (χ4v) is 4.23. The molecule has 0 aliphatic carbocycles. The topological polar surface area (TPSA) is 29.5 Å². The fraction of sp³-hybridized carbons (Fsp3) is 0. The summed E-state index contributed by atoms with van der Waals surface area (Å²) in [6, 6.07) is 45.1. The van der Waals surface area contributed by atoms with E-state index in [2.05, 4.69) is 115 Å². The van der Waals surface area contributed by atoms with Gasteiger partial charge in [-0.2, -0.15) is 0 Å². The van der Waals surface area contributed by atoms with Crippen molar-refractivity contribution in [2.45, 2.75) is 0 Å². The molecule has 194 valence electrons. The molecular formula is C37H29NO2. The molecule has 0 saturated heterocycles. The first-order valence-corrected chi connectivity index (χ1v) is 13.1.